The lowest BCUT2D eigenvalue weighted by atomic mass is 10.1. The molecule has 2 aliphatic rings. The van der Waals surface area contributed by atoms with E-state index in [0.717, 1.165) is 38.9 Å². The minimum Gasteiger partial charge on any atom is -0.378 e. The van der Waals surface area contributed by atoms with Crippen LogP contribution in [0.3, 0.4) is 0 Å². The standard InChI is InChI=1S/C14H26N2O2/c1-11-9-12(2)16(10-11)14(17)5-8-18-13-3-6-15-7-4-13/h11-13,15H,3-10H2,1-2H3. The van der Waals surface area contributed by atoms with Gasteiger partial charge in [0.1, 0.15) is 0 Å². The molecule has 0 aromatic rings. The fraction of sp³-hybridized carbons (Fsp3) is 0.929. The van der Waals surface area contributed by atoms with E-state index in [1.165, 1.54) is 0 Å². The Labute approximate surface area is 110 Å². The average Bonchev–Trinajstić information content (AvgIpc) is 2.70. The number of amides is 1. The predicted octanol–water partition coefficient (Wildman–Crippen LogP) is 1.40. The molecule has 2 atom stereocenters. The topological polar surface area (TPSA) is 41.6 Å². The molecule has 4 nitrogen and oxygen atoms in total. The molecule has 1 amide bonds. The summed E-state index contributed by atoms with van der Waals surface area (Å²) in [7, 11) is 0. The number of likely N-dealkylation sites (tertiary alicyclic amines) is 1. The van der Waals surface area contributed by atoms with Gasteiger partial charge in [0.2, 0.25) is 5.91 Å². The van der Waals surface area contributed by atoms with Crippen molar-refractivity contribution in [3.8, 4) is 0 Å². The second kappa shape index (κ2) is 6.53. The summed E-state index contributed by atoms with van der Waals surface area (Å²) in [4.78, 5) is 14.1. The van der Waals surface area contributed by atoms with Crippen molar-refractivity contribution in [2.45, 2.75) is 51.7 Å². The summed E-state index contributed by atoms with van der Waals surface area (Å²) in [6.45, 7) is 7.96. The smallest absolute Gasteiger partial charge is 0.225 e. The van der Waals surface area contributed by atoms with Gasteiger partial charge in [-0.15, -0.1) is 0 Å². The minimum atomic E-state index is 0.265. The molecule has 0 radical (unpaired) electrons. The van der Waals surface area contributed by atoms with Crippen LogP contribution in [0.2, 0.25) is 0 Å². The third kappa shape index (κ3) is 3.69. The average molecular weight is 254 g/mol. The van der Waals surface area contributed by atoms with Crippen LogP contribution in [-0.2, 0) is 9.53 Å². The number of nitrogens with one attached hydrogen (secondary N) is 1. The number of ether oxygens (including phenoxy) is 1. The number of hydrogen-bond donors (Lipinski definition) is 1. The maximum Gasteiger partial charge on any atom is 0.225 e. The Kier molecular flexibility index (Phi) is 5.01. The fourth-order valence-electron chi connectivity index (χ4n) is 3.07. The first kappa shape index (κ1) is 13.8. The van der Waals surface area contributed by atoms with Crippen LogP contribution in [0.5, 0.6) is 0 Å². The van der Waals surface area contributed by atoms with Crippen LogP contribution in [0, 0.1) is 5.92 Å². The highest BCUT2D eigenvalue weighted by molar-refractivity contribution is 5.76. The molecule has 2 aliphatic heterocycles. The molecule has 2 unspecified atom stereocenters. The largest absolute Gasteiger partial charge is 0.378 e. The molecule has 0 bridgehead atoms. The van der Waals surface area contributed by atoms with E-state index in [-0.39, 0.29) is 5.91 Å². The molecule has 1 N–H and O–H groups in total. The summed E-state index contributed by atoms with van der Waals surface area (Å²) in [5, 5.41) is 3.31. The molecule has 2 fully saturated rings. The number of carbonyl (C=O) groups is 1. The maximum atomic E-state index is 12.1. The third-order valence-electron chi connectivity index (χ3n) is 4.06. The SMILES string of the molecule is CC1CC(C)N(C(=O)CCOC2CCNCC2)C1. The van der Waals surface area contributed by atoms with Crippen molar-refractivity contribution < 1.29 is 9.53 Å². The molecule has 0 saturated carbocycles. The first-order chi connectivity index (χ1) is 8.66. The van der Waals surface area contributed by atoms with E-state index in [9.17, 15) is 4.79 Å². The number of carbonyl (C=O) groups excluding carboxylic acids is 1. The molecule has 0 aromatic heterocycles. The van der Waals surface area contributed by atoms with Crippen molar-refractivity contribution in [1.82, 2.24) is 10.2 Å². The van der Waals surface area contributed by atoms with E-state index in [4.69, 9.17) is 4.74 Å². The van der Waals surface area contributed by atoms with E-state index >= 15 is 0 Å². The number of piperidine rings is 1. The quantitative estimate of drug-likeness (QED) is 0.824. The fourth-order valence-corrected chi connectivity index (χ4v) is 3.07. The first-order valence-electron chi connectivity index (χ1n) is 7.28. The molecule has 4 heteroatoms. The van der Waals surface area contributed by atoms with Gasteiger partial charge in [0.05, 0.1) is 19.1 Å². The highest BCUT2D eigenvalue weighted by atomic mass is 16.5. The molecule has 0 aromatic carbocycles. The highest BCUT2D eigenvalue weighted by Gasteiger charge is 2.29. The van der Waals surface area contributed by atoms with Crippen molar-refractivity contribution in [2.24, 2.45) is 5.92 Å². The Morgan fingerprint density at radius 2 is 2.06 bits per heavy atom. The molecule has 2 heterocycles. The summed E-state index contributed by atoms with van der Waals surface area (Å²) in [6, 6.07) is 0.409. The predicted molar refractivity (Wildman–Crippen MR) is 71.4 cm³/mol. The molecule has 0 aliphatic carbocycles. The zero-order valence-electron chi connectivity index (χ0n) is 11.7. The van der Waals surface area contributed by atoms with E-state index in [1.54, 1.807) is 0 Å². The highest BCUT2D eigenvalue weighted by Crippen LogP contribution is 2.22. The van der Waals surface area contributed by atoms with Gasteiger partial charge >= 0.3 is 0 Å². The lowest BCUT2D eigenvalue weighted by Gasteiger charge is -2.24. The van der Waals surface area contributed by atoms with Crippen LogP contribution in [0.4, 0.5) is 0 Å². The van der Waals surface area contributed by atoms with Gasteiger partial charge in [-0.05, 0) is 45.2 Å². The number of rotatable bonds is 4. The van der Waals surface area contributed by atoms with Crippen molar-refractivity contribution in [3.05, 3.63) is 0 Å². The Morgan fingerprint density at radius 1 is 1.33 bits per heavy atom. The molecule has 2 saturated heterocycles. The maximum absolute atomic E-state index is 12.1. The van der Waals surface area contributed by atoms with Gasteiger partial charge in [-0.3, -0.25) is 4.79 Å². The normalized spacial score (nSPS) is 29.8. The second-order valence-corrected chi connectivity index (χ2v) is 5.81. The van der Waals surface area contributed by atoms with Crippen LogP contribution < -0.4 is 5.32 Å². The van der Waals surface area contributed by atoms with Gasteiger partial charge < -0.3 is 15.0 Å². The molecule has 104 valence electrons. The van der Waals surface area contributed by atoms with Gasteiger partial charge in [-0.1, -0.05) is 6.92 Å². The lowest BCUT2D eigenvalue weighted by molar-refractivity contribution is -0.133. The summed E-state index contributed by atoms with van der Waals surface area (Å²) in [5.41, 5.74) is 0. The van der Waals surface area contributed by atoms with Crippen molar-refractivity contribution in [2.75, 3.05) is 26.2 Å². The summed E-state index contributed by atoms with van der Waals surface area (Å²) >= 11 is 0. The summed E-state index contributed by atoms with van der Waals surface area (Å²) in [6.07, 6.45) is 4.19. The zero-order chi connectivity index (χ0) is 13.0. The Balaban J connectivity index is 1.65. The van der Waals surface area contributed by atoms with Crippen LogP contribution in [0.25, 0.3) is 0 Å². The number of nitrogens with zero attached hydrogens (tertiary/aromatic N) is 1. The van der Waals surface area contributed by atoms with Crippen LogP contribution in [0.1, 0.15) is 39.5 Å². The van der Waals surface area contributed by atoms with E-state index in [0.29, 0.717) is 31.1 Å². The molecule has 2 rings (SSSR count). The van der Waals surface area contributed by atoms with Gasteiger partial charge in [0, 0.05) is 12.6 Å². The second-order valence-electron chi connectivity index (χ2n) is 5.81. The minimum absolute atomic E-state index is 0.265. The van der Waals surface area contributed by atoms with Crippen LogP contribution >= 0.6 is 0 Å². The Hall–Kier alpha value is -0.610. The summed E-state index contributed by atoms with van der Waals surface area (Å²) < 4.78 is 5.79. The molecular formula is C14H26N2O2. The van der Waals surface area contributed by atoms with Crippen molar-refractivity contribution in [3.63, 3.8) is 0 Å². The number of hydrogen-bond acceptors (Lipinski definition) is 3. The van der Waals surface area contributed by atoms with Crippen molar-refractivity contribution in [1.29, 1.82) is 0 Å². The van der Waals surface area contributed by atoms with Crippen LogP contribution in [-0.4, -0.2) is 49.2 Å². The first-order valence-corrected chi connectivity index (χ1v) is 7.28. The van der Waals surface area contributed by atoms with Gasteiger partial charge in [0.15, 0.2) is 0 Å². The van der Waals surface area contributed by atoms with Gasteiger partial charge in [-0.2, -0.15) is 0 Å². The zero-order valence-corrected chi connectivity index (χ0v) is 11.7. The van der Waals surface area contributed by atoms with Crippen molar-refractivity contribution >= 4 is 5.91 Å². The lowest BCUT2D eigenvalue weighted by Crippen LogP contribution is -2.36. The Morgan fingerprint density at radius 3 is 2.67 bits per heavy atom. The monoisotopic (exact) mass is 254 g/mol. The van der Waals surface area contributed by atoms with Gasteiger partial charge in [0.25, 0.3) is 0 Å². The van der Waals surface area contributed by atoms with E-state index in [1.807, 2.05) is 4.90 Å². The van der Waals surface area contributed by atoms with E-state index in [2.05, 4.69) is 19.2 Å². The van der Waals surface area contributed by atoms with Crippen LogP contribution in [0.15, 0.2) is 0 Å². The third-order valence-corrected chi connectivity index (χ3v) is 4.06. The summed E-state index contributed by atoms with van der Waals surface area (Å²) in [5.74, 6) is 0.912. The van der Waals surface area contributed by atoms with E-state index < -0.39 is 0 Å². The molecular weight excluding hydrogens is 228 g/mol. The Bertz CT molecular complexity index is 277. The molecule has 0 spiro atoms. The molecule has 18 heavy (non-hydrogen) atoms. The van der Waals surface area contributed by atoms with Gasteiger partial charge in [-0.25, -0.2) is 0 Å².